The van der Waals surface area contributed by atoms with Gasteiger partial charge in [-0.05, 0) is 0 Å². The Kier molecular flexibility index (Phi) is 3.62. The number of hydrogen-bond donors (Lipinski definition) is 1. The predicted octanol–water partition coefficient (Wildman–Crippen LogP) is -0.704. The van der Waals surface area contributed by atoms with Crippen LogP contribution in [0.3, 0.4) is 0 Å². The van der Waals surface area contributed by atoms with Gasteiger partial charge in [-0.15, -0.1) is 0 Å². The average molecular weight is 131 g/mol. The molecule has 1 N–H and O–H groups in total. The summed E-state index contributed by atoms with van der Waals surface area (Å²) in [7, 11) is 1.39. The molecule has 0 aliphatic rings. The second kappa shape index (κ2) is 4.03. The molecule has 2 amide bonds. The molecule has 0 radical (unpaired) electrons. The van der Waals surface area contributed by atoms with Gasteiger partial charge in [0.05, 0.1) is 0 Å². The standard InChI is InChI=1S/C5H9NO3/c1-4(7)6-5(8)3-9-2/h3H2,1-2H3,(H,6,7,8). The molecule has 52 valence electrons. The van der Waals surface area contributed by atoms with Gasteiger partial charge < -0.3 is 4.74 Å². The van der Waals surface area contributed by atoms with Gasteiger partial charge in [-0.1, -0.05) is 0 Å². The van der Waals surface area contributed by atoms with E-state index in [4.69, 9.17) is 0 Å². The molecule has 0 aliphatic heterocycles. The van der Waals surface area contributed by atoms with Crippen molar-refractivity contribution < 1.29 is 14.3 Å². The zero-order valence-corrected chi connectivity index (χ0v) is 5.43. The molecule has 4 nitrogen and oxygen atoms in total. The summed E-state index contributed by atoms with van der Waals surface area (Å²) in [6.45, 7) is 1.20. The Morgan fingerprint density at radius 3 is 2.44 bits per heavy atom. The molecule has 0 aromatic rings. The first kappa shape index (κ1) is 8.10. The molecule has 0 spiro atoms. The number of hydrogen-bond acceptors (Lipinski definition) is 3. The molecule has 0 heterocycles. The van der Waals surface area contributed by atoms with Gasteiger partial charge in [0.1, 0.15) is 6.61 Å². The second-order valence-corrected chi connectivity index (χ2v) is 1.54. The summed E-state index contributed by atoms with van der Waals surface area (Å²) in [5.74, 6) is -0.776. The molecular formula is C5H9NO3. The topological polar surface area (TPSA) is 55.4 Å². The van der Waals surface area contributed by atoms with Crippen molar-refractivity contribution in [1.82, 2.24) is 5.32 Å². The van der Waals surface area contributed by atoms with E-state index in [-0.39, 0.29) is 12.5 Å². The minimum absolute atomic E-state index is 0.0699. The number of carbonyl (C=O) groups is 2. The van der Waals surface area contributed by atoms with E-state index in [1.54, 1.807) is 0 Å². The molecule has 0 aliphatic carbocycles. The maximum atomic E-state index is 10.4. The number of methoxy groups -OCH3 is 1. The number of ether oxygens (including phenoxy) is 1. The smallest absolute Gasteiger partial charge is 0.252 e. The first-order chi connectivity index (χ1) is 4.16. The number of nitrogens with one attached hydrogen (secondary N) is 1. The molecule has 0 aromatic heterocycles. The van der Waals surface area contributed by atoms with E-state index in [0.717, 1.165) is 0 Å². The predicted molar refractivity (Wildman–Crippen MR) is 30.7 cm³/mol. The molecule has 4 heteroatoms. The molecular weight excluding hydrogens is 122 g/mol. The summed E-state index contributed by atoms with van der Waals surface area (Å²) in [6, 6.07) is 0. The van der Waals surface area contributed by atoms with Crippen molar-refractivity contribution in [3.05, 3.63) is 0 Å². The molecule has 0 saturated carbocycles. The van der Waals surface area contributed by atoms with Crippen LogP contribution in [0.2, 0.25) is 0 Å². The fourth-order valence-electron chi connectivity index (χ4n) is 0.364. The van der Waals surface area contributed by atoms with Crippen LogP contribution in [0.5, 0.6) is 0 Å². The normalized spacial score (nSPS) is 8.67. The first-order valence-electron chi connectivity index (χ1n) is 2.46. The fraction of sp³-hybridized carbons (Fsp3) is 0.600. The Hall–Kier alpha value is -0.900. The maximum absolute atomic E-state index is 10.4. The fourth-order valence-corrected chi connectivity index (χ4v) is 0.364. The number of imide groups is 1. The summed E-state index contributed by atoms with van der Waals surface area (Å²) in [5.41, 5.74) is 0. The van der Waals surface area contributed by atoms with Gasteiger partial charge in [0, 0.05) is 14.0 Å². The number of carbonyl (C=O) groups excluding carboxylic acids is 2. The lowest BCUT2D eigenvalue weighted by Gasteiger charge is -1.96. The average Bonchev–Trinajstić information content (AvgIpc) is 1.63. The van der Waals surface area contributed by atoms with Gasteiger partial charge in [0.2, 0.25) is 5.91 Å². The SMILES string of the molecule is COCC(=O)NC(C)=O. The van der Waals surface area contributed by atoms with Crippen molar-refractivity contribution in [3.63, 3.8) is 0 Å². The highest BCUT2D eigenvalue weighted by atomic mass is 16.5. The highest BCUT2D eigenvalue weighted by Gasteiger charge is 1.99. The van der Waals surface area contributed by atoms with Crippen molar-refractivity contribution in [2.75, 3.05) is 13.7 Å². The number of rotatable bonds is 2. The van der Waals surface area contributed by atoms with E-state index in [9.17, 15) is 9.59 Å². The third-order valence-electron chi connectivity index (χ3n) is 0.591. The van der Waals surface area contributed by atoms with Crippen molar-refractivity contribution in [3.8, 4) is 0 Å². The summed E-state index contributed by atoms with van der Waals surface area (Å²) in [5, 5.41) is 2.04. The molecule has 0 bridgehead atoms. The Balaban J connectivity index is 3.39. The molecule has 0 saturated heterocycles. The molecule has 9 heavy (non-hydrogen) atoms. The molecule has 0 atom stereocenters. The number of amides is 2. The highest BCUT2D eigenvalue weighted by Crippen LogP contribution is 1.67. The van der Waals surface area contributed by atoms with E-state index in [1.807, 2.05) is 5.32 Å². The Morgan fingerprint density at radius 1 is 1.56 bits per heavy atom. The molecule has 0 rings (SSSR count). The Bertz CT molecular complexity index is 121. The van der Waals surface area contributed by atoms with E-state index >= 15 is 0 Å². The van der Waals surface area contributed by atoms with Gasteiger partial charge in [-0.3, -0.25) is 14.9 Å². The van der Waals surface area contributed by atoms with E-state index in [0.29, 0.717) is 0 Å². The van der Waals surface area contributed by atoms with Crippen molar-refractivity contribution in [2.45, 2.75) is 6.92 Å². The van der Waals surface area contributed by atoms with E-state index in [1.165, 1.54) is 14.0 Å². The molecule has 0 aromatic carbocycles. The van der Waals surface area contributed by atoms with Crippen LogP contribution in [0, 0.1) is 0 Å². The lowest BCUT2D eigenvalue weighted by atomic mass is 10.6. The first-order valence-corrected chi connectivity index (χ1v) is 2.46. The van der Waals surface area contributed by atoms with Crippen LogP contribution in [0.25, 0.3) is 0 Å². The molecule has 0 unspecified atom stereocenters. The quantitative estimate of drug-likeness (QED) is 0.539. The summed E-state index contributed by atoms with van der Waals surface area (Å²) < 4.78 is 4.44. The monoisotopic (exact) mass is 131 g/mol. The zero-order chi connectivity index (χ0) is 7.28. The van der Waals surface area contributed by atoms with Crippen molar-refractivity contribution in [2.24, 2.45) is 0 Å². The molecule has 0 fully saturated rings. The van der Waals surface area contributed by atoms with Gasteiger partial charge in [0.25, 0.3) is 5.91 Å². The Labute approximate surface area is 53.2 Å². The van der Waals surface area contributed by atoms with Gasteiger partial charge in [-0.25, -0.2) is 0 Å². The maximum Gasteiger partial charge on any atom is 0.252 e. The van der Waals surface area contributed by atoms with Crippen molar-refractivity contribution in [1.29, 1.82) is 0 Å². The van der Waals surface area contributed by atoms with Gasteiger partial charge in [0.15, 0.2) is 0 Å². The minimum Gasteiger partial charge on any atom is -0.375 e. The largest absolute Gasteiger partial charge is 0.375 e. The summed E-state index contributed by atoms with van der Waals surface area (Å²) >= 11 is 0. The van der Waals surface area contributed by atoms with Gasteiger partial charge in [-0.2, -0.15) is 0 Å². The van der Waals surface area contributed by atoms with Gasteiger partial charge >= 0.3 is 0 Å². The third-order valence-corrected chi connectivity index (χ3v) is 0.591. The van der Waals surface area contributed by atoms with Crippen LogP contribution < -0.4 is 5.32 Å². The van der Waals surface area contributed by atoms with Crippen LogP contribution in [0.4, 0.5) is 0 Å². The lowest BCUT2D eigenvalue weighted by Crippen LogP contribution is -2.30. The van der Waals surface area contributed by atoms with E-state index < -0.39 is 5.91 Å². The van der Waals surface area contributed by atoms with Crippen LogP contribution in [-0.2, 0) is 14.3 Å². The summed E-state index contributed by atoms with van der Waals surface area (Å²) in [4.78, 5) is 20.5. The zero-order valence-electron chi connectivity index (χ0n) is 5.43. The van der Waals surface area contributed by atoms with Crippen LogP contribution in [-0.4, -0.2) is 25.5 Å². The van der Waals surface area contributed by atoms with Crippen molar-refractivity contribution >= 4 is 11.8 Å². The third kappa shape index (κ3) is 4.96. The second-order valence-electron chi connectivity index (χ2n) is 1.54. The lowest BCUT2D eigenvalue weighted by molar-refractivity contribution is -0.131. The minimum atomic E-state index is -0.412. The van der Waals surface area contributed by atoms with E-state index in [2.05, 4.69) is 4.74 Å². The van der Waals surface area contributed by atoms with Crippen LogP contribution in [0.1, 0.15) is 6.92 Å². The highest BCUT2D eigenvalue weighted by molar-refractivity contribution is 5.94. The van der Waals surface area contributed by atoms with Crippen LogP contribution in [0.15, 0.2) is 0 Å². The van der Waals surface area contributed by atoms with Crippen LogP contribution >= 0.6 is 0 Å². The Morgan fingerprint density at radius 2 is 2.11 bits per heavy atom. The summed E-state index contributed by atoms with van der Waals surface area (Å²) in [6.07, 6.45) is 0.